The van der Waals surface area contributed by atoms with Crippen LogP contribution in [0.1, 0.15) is 16.7 Å². The zero-order valence-electron chi connectivity index (χ0n) is 12.6. The summed E-state index contributed by atoms with van der Waals surface area (Å²) in [6, 6.07) is 8.49. The number of rotatable bonds is 1. The predicted molar refractivity (Wildman–Crippen MR) is 85.5 cm³/mol. The lowest BCUT2D eigenvalue weighted by molar-refractivity contribution is 0.445. The van der Waals surface area contributed by atoms with Crippen molar-refractivity contribution >= 4 is 11.0 Å². The molecule has 3 aromatic rings. The number of fused-ring (bicyclic) bond motifs is 1. The van der Waals surface area contributed by atoms with Gasteiger partial charge in [0.05, 0.1) is 0 Å². The number of aromatic hydroxyl groups is 2. The maximum Gasteiger partial charge on any atom is 0.197 e. The molecule has 0 aliphatic carbocycles. The molecule has 2 aromatic carbocycles. The predicted octanol–water partition coefficient (Wildman–Crippen LogP) is 3.80. The van der Waals surface area contributed by atoms with E-state index in [-0.39, 0.29) is 33.5 Å². The SMILES string of the molecule is Cc1ccc(-c2cc(=O)c3c(O)c(C)c(O)cc3o2)cc1C. The summed E-state index contributed by atoms with van der Waals surface area (Å²) in [5, 5.41) is 19.9. The number of hydrogen-bond donors (Lipinski definition) is 2. The largest absolute Gasteiger partial charge is 0.507 e. The molecule has 0 atom stereocenters. The van der Waals surface area contributed by atoms with E-state index in [4.69, 9.17) is 4.42 Å². The molecule has 0 fully saturated rings. The number of benzene rings is 2. The van der Waals surface area contributed by atoms with Crippen molar-refractivity contribution in [2.75, 3.05) is 0 Å². The summed E-state index contributed by atoms with van der Waals surface area (Å²) in [6.45, 7) is 5.54. The van der Waals surface area contributed by atoms with Gasteiger partial charge in [0.15, 0.2) is 5.43 Å². The summed E-state index contributed by atoms with van der Waals surface area (Å²) in [4.78, 5) is 12.3. The number of phenolic OH excluding ortho intramolecular Hbond substituents is 2. The van der Waals surface area contributed by atoms with Crippen molar-refractivity contribution < 1.29 is 14.6 Å². The van der Waals surface area contributed by atoms with Crippen molar-refractivity contribution in [1.82, 2.24) is 0 Å². The van der Waals surface area contributed by atoms with Crippen LogP contribution in [0.25, 0.3) is 22.3 Å². The molecule has 1 aromatic heterocycles. The van der Waals surface area contributed by atoms with Crippen molar-refractivity contribution in [2.24, 2.45) is 0 Å². The van der Waals surface area contributed by atoms with Crippen LogP contribution in [0, 0.1) is 20.8 Å². The molecular weight excluding hydrogens is 280 g/mol. The van der Waals surface area contributed by atoms with Crippen molar-refractivity contribution in [1.29, 1.82) is 0 Å². The summed E-state index contributed by atoms with van der Waals surface area (Å²) in [5.74, 6) is 0.0593. The maximum absolute atomic E-state index is 12.3. The van der Waals surface area contributed by atoms with Crippen molar-refractivity contribution in [3.63, 3.8) is 0 Å². The van der Waals surface area contributed by atoms with Crippen LogP contribution >= 0.6 is 0 Å². The molecule has 0 unspecified atom stereocenters. The monoisotopic (exact) mass is 296 g/mol. The molecule has 0 spiro atoms. The van der Waals surface area contributed by atoms with E-state index in [0.717, 1.165) is 16.7 Å². The van der Waals surface area contributed by atoms with E-state index < -0.39 is 0 Å². The van der Waals surface area contributed by atoms with E-state index in [1.165, 1.54) is 12.1 Å². The van der Waals surface area contributed by atoms with E-state index in [9.17, 15) is 15.0 Å². The van der Waals surface area contributed by atoms with Gasteiger partial charge in [-0.3, -0.25) is 4.79 Å². The summed E-state index contributed by atoms with van der Waals surface area (Å²) >= 11 is 0. The Kier molecular flexibility index (Phi) is 3.17. The molecule has 0 aliphatic heterocycles. The summed E-state index contributed by atoms with van der Waals surface area (Å²) in [6.07, 6.45) is 0. The van der Waals surface area contributed by atoms with Crippen LogP contribution in [0.4, 0.5) is 0 Å². The molecule has 4 heteroatoms. The van der Waals surface area contributed by atoms with Gasteiger partial charge in [0, 0.05) is 23.3 Å². The van der Waals surface area contributed by atoms with Gasteiger partial charge in [0.2, 0.25) is 0 Å². The van der Waals surface area contributed by atoms with Gasteiger partial charge in [-0.05, 0) is 38.0 Å². The standard InChI is InChI=1S/C18H16O4/c1-9-4-5-12(6-10(9)2)15-8-14(20)17-16(22-15)7-13(19)11(3)18(17)21/h4-8,19,21H,1-3H3. The Morgan fingerprint density at radius 2 is 1.68 bits per heavy atom. The highest BCUT2D eigenvalue weighted by Gasteiger charge is 2.15. The minimum atomic E-state index is -0.338. The van der Waals surface area contributed by atoms with Gasteiger partial charge < -0.3 is 14.6 Å². The molecule has 112 valence electrons. The van der Waals surface area contributed by atoms with Crippen LogP contribution in [0.3, 0.4) is 0 Å². The molecule has 0 saturated heterocycles. The molecule has 0 amide bonds. The number of aryl methyl sites for hydroxylation is 2. The van der Waals surface area contributed by atoms with E-state index in [1.807, 2.05) is 32.0 Å². The first-order valence-electron chi connectivity index (χ1n) is 6.95. The smallest absolute Gasteiger partial charge is 0.197 e. The first kappa shape index (κ1) is 14.2. The van der Waals surface area contributed by atoms with Crippen LogP contribution in [-0.2, 0) is 0 Å². The van der Waals surface area contributed by atoms with Gasteiger partial charge >= 0.3 is 0 Å². The summed E-state index contributed by atoms with van der Waals surface area (Å²) < 4.78 is 5.72. The Bertz CT molecular complexity index is 951. The number of hydrogen-bond acceptors (Lipinski definition) is 4. The van der Waals surface area contributed by atoms with E-state index in [2.05, 4.69) is 0 Å². The molecule has 1 heterocycles. The van der Waals surface area contributed by atoms with Crippen molar-refractivity contribution in [3.05, 3.63) is 57.2 Å². The third kappa shape index (κ3) is 2.13. The minimum Gasteiger partial charge on any atom is -0.507 e. The van der Waals surface area contributed by atoms with Crippen LogP contribution in [0.15, 0.2) is 39.5 Å². The number of phenols is 2. The Morgan fingerprint density at radius 1 is 0.955 bits per heavy atom. The fourth-order valence-corrected chi connectivity index (χ4v) is 2.42. The average molecular weight is 296 g/mol. The minimum absolute atomic E-state index is 0.0860. The highest BCUT2D eigenvalue weighted by molar-refractivity contribution is 5.87. The molecule has 0 bridgehead atoms. The zero-order chi connectivity index (χ0) is 16.0. The molecule has 0 aliphatic rings. The van der Waals surface area contributed by atoms with Gasteiger partial charge in [0.1, 0.15) is 28.2 Å². The first-order chi connectivity index (χ1) is 10.4. The second-order valence-electron chi connectivity index (χ2n) is 5.52. The molecule has 3 rings (SSSR count). The highest BCUT2D eigenvalue weighted by atomic mass is 16.3. The van der Waals surface area contributed by atoms with Gasteiger partial charge in [0.25, 0.3) is 0 Å². The van der Waals surface area contributed by atoms with E-state index in [1.54, 1.807) is 6.92 Å². The van der Waals surface area contributed by atoms with Crippen molar-refractivity contribution in [3.8, 4) is 22.8 Å². The quantitative estimate of drug-likeness (QED) is 0.716. The lowest BCUT2D eigenvalue weighted by Gasteiger charge is -2.09. The lowest BCUT2D eigenvalue weighted by atomic mass is 10.0. The fourth-order valence-electron chi connectivity index (χ4n) is 2.42. The van der Waals surface area contributed by atoms with Crippen LogP contribution in [0.5, 0.6) is 11.5 Å². The fraction of sp³-hybridized carbons (Fsp3) is 0.167. The molecule has 0 radical (unpaired) electrons. The van der Waals surface area contributed by atoms with E-state index in [0.29, 0.717) is 5.76 Å². The average Bonchev–Trinajstić information content (AvgIpc) is 2.47. The second-order valence-corrected chi connectivity index (χ2v) is 5.52. The van der Waals surface area contributed by atoms with Crippen LogP contribution in [-0.4, -0.2) is 10.2 Å². The van der Waals surface area contributed by atoms with Gasteiger partial charge in [-0.2, -0.15) is 0 Å². The van der Waals surface area contributed by atoms with Gasteiger partial charge in [-0.15, -0.1) is 0 Å². The zero-order valence-corrected chi connectivity index (χ0v) is 12.6. The Labute approximate surface area is 127 Å². The third-order valence-corrected chi connectivity index (χ3v) is 4.01. The van der Waals surface area contributed by atoms with Crippen LogP contribution < -0.4 is 5.43 Å². The third-order valence-electron chi connectivity index (χ3n) is 4.01. The first-order valence-corrected chi connectivity index (χ1v) is 6.95. The van der Waals surface area contributed by atoms with Crippen LogP contribution in [0.2, 0.25) is 0 Å². The second kappa shape index (κ2) is 4.91. The van der Waals surface area contributed by atoms with E-state index >= 15 is 0 Å². The molecule has 22 heavy (non-hydrogen) atoms. The maximum atomic E-state index is 12.3. The van der Waals surface area contributed by atoms with Gasteiger partial charge in [-0.1, -0.05) is 12.1 Å². The molecule has 2 N–H and O–H groups in total. The Hall–Kier alpha value is -2.75. The van der Waals surface area contributed by atoms with Crippen molar-refractivity contribution in [2.45, 2.75) is 20.8 Å². The summed E-state index contributed by atoms with van der Waals surface area (Å²) in [7, 11) is 0. The Balaban J connectivity index is 2.31. The molecule has 4 nitrogen and oxygen atoms in total. The topological polar surface area (TPSA) is 70.7 Å². The Morgan fingerprint density at radius 3 is 2.36 bits per heavy atom. The molecular formula is C18H16O4. The molecule has 0 saturated carbocycles. The normalized spacial score (nSPS) is 11.0. The van der Waals surface area contributed by atoms with Gasteiger partial charge in [-0.25, -0.2) is 0 Å². The highest BCUT2D eigenvalue weighted by Crippen LogP contribution is 2.34. The lowest BCUT2D eigenvalue weighted by Crippen LogP contribution is -2.01. The summed E-state index contributed by atoms with van der Waals surface area (Å²) in [5.41, 5.74) is 3.12.